The highest BCUT2D eigenvalue weighted by Crippen LogP contribution is 2.21. The van der Waals surface area contributed by atoms with E-state index in [0.717, 1.165) is 6.42 Å². The molecule has 0 saturated carbocycles. The highest BCUT2D eigenvalue weighted by Gasteiger charge is 2.34. The van der Waals surface area contributed by atoms with Gasteiger partial charge < -0.3 is 19.9 Å². The lowest BCUT2D eigenvalue weighted by molar-refractivity contribution is -0.0159. The molecule has 1 unspecified atom stereocenters. The smallest absolute Gasteiger partial charge is 0.335 e. The number of carboxylic acids is 1. The van der Waals surface area contributed by atoms with E-state index in [-0.39, 0.29) is 17.7 Å². The summed E-state index contributed by atoms with van der Waals surface area (Å²) in [5, 5.41) is 12.0. The van der Waals surface area contributed by atoms with Crippen LogP contribution in [-0.4, -0.2) is 43.5 Å². The van der Waals surface area contributed by atoms with Crippen molar-refractivity contribution in [1.82, 2.24) is 5.32 Å². The van der Waals surface area contributed by atoms with Crippen molar-refractivity contribution in [2.45, 2.75) is 18.6 Å². The molecule has 1 atom stereocenters. The lowest BCUT2D eigenvalue weighted by atomic mass is 10.0. The van der Waals surface area contributed by atoms with Gasteiger partial charge in [-0.2, -0.15) is 0 Å². The third-order valence-electron chi connectivity index (χ3n) is 3.56. The molecule has 1 aromatic rings. The largest absolute Gasteiger partial charge is 0.478 e. The molecule has 1 saturated heterocycles. The van der Waals surface area contributed by atoms with E-state index >= 15 is 0 Å². The van der Waals surface area contributed by atoms with Gasteiger partial charge >= 0.3 is 5.97 Å². The average molecular weight is 283 g/mol. The second kappa shape index (κ2) is 6.30. The number of halogens is 1. The van der Waals surface area contributed by atoms with Crippen molar-refractivity contribution in [2.75, 3.05) is 26.9 Å². The van der Waals surface area contributed by atoms with Crippen LogP contribution in [0.15, 0.2) is 18.2 Å². The average Bonchev–Trinajstić information content (AvgIpc) is 2.90. The number of hydrogen-bond acceptors (Lipinski definition) is 4. The first-order chi connectivity index (χ1) is 9.56. The predicted octanol–water partition coefficient (Wildman–Crippen LogP) is 1.42. The Balaban J connectivity index is 1.96. The van der Waals surface area contributed by atoms with Gasteiger partial charge in [-0.15, -0.1) is 0 Å². The molecular formula is C14H18FNO4. The predicted molar refractivity (Wildman–Crippen MR) is 70.2 cm³/mol. The van der Waals surface area contributed by atoms with Crippen molar-refractivity contribution in [2.24, 2.45) is 0 Å². The number of ether oxygens (including phenoxy) is 2. The van der Waals surface area contributed by atoms with E-state index in [1.54, 1.807) is 7.11 Å². The minimum atomic E-state index is -1.07. The Morgan fingerprint density at radius 3 is 3.00 bits per heavy atom. The Morgan fingerprint density at radius 2 is 2.40 bits per heavy atom. The zero-order valence-electron chi connectivity index (χ0n) is 11.3. The van der Waals surface area contributed by atoms with Crippen LogP contribution < -0.4 is 5.32 Å². The van der Waals surface area contributed by atoms with E-state index in [1.807, 2.05) is 0 Å². The summed E-state index contributed by atoms with van der Waals surface area (Å²) in [6.07, 6.45) is 0.786. The van der Waals surface area contributed by atoms with Gasteiger partial charge in [0.2, 0.25) is 0 Å². The van der Waals surface area contributed by atoms with Gasteiger partial charge in [0, 0.05) is 38.8 Å². The first kappa shape index (κ1) is 14.9. The molecule has 0 aromatic heterocycles. The van der Waals surface area contributed by atoms with Crippen LogP contribution in [0.2, 0.25) is 0 Å². The van der Waals surface area contributed by atoms with E-state index in [2.05, 4.69) is 5.32 Å². The molecule has 2 rings (SSSR count). The van der Waals surface area contributed by atoms with Gasteiger partial charge in [0.05, 0.1) is 12.2 Å². The molecule has 0 aliphatic carbocycles. The van der Waals surface area contributed by atoms with E-state index in [4.69, 9.17) is 14.6 Å². The molecule has 0 amide bonds. The van der Waals surface area contributed by atoms with Gasteiger partial charge in [0.25, 0.3) is 0 Å². The van der Waals surface area contributed by atoms with Crippen molar-refractivity contribution in [3.05, 3.63) is 35.1 Å². The lowest BCUT2D eigenvalue weighted by Crippen LogP contribution is -2.42. The number of benzene rings is 1. The second-order valence-corrected chi connectivity index (χ2v) is 4.90. The summed E-state index contributed by atoms with van der Waals surface area (Å²) in [4.78, 5) is 10.9. The summed E-state index contributed by atoms with van der Waals surface area (Å²) in [6.45, 7) is 1.94. The SMILES string of the molecule is COC1(CNCc2cc(C(=O)O)ccc2F)CCOC1. The number of hydrogen-bond donors (Lipinski definition) is 2. The molecule has 6 heteroatoms. The Bertz CT molecular complexity index is 486. The number of methoxy groups -OCH3 is 1. The number of nitrogens with one attached hydrogen (secondary N) is 1. The number of carbonyl (C=O) groups is 1. The molecule has 0 radical (unpaired) electrons. The van der Waals surface area contributed by atoms with Crippen molar-refractivity contribution in [3.8, 4) is 0 Å². The highest BCUT2D eigenvalue weighted by molar-refractivity contribution is 5.87. The summed E-state index contributed by atoms with van der Waals surface area (Å²) < 4.78 is 24.4. The van der Waals surface area contributed by atoms with Crippen molar-refractivity contribution in [1.29, 1.82) is 0 Å². The Morgan fingerprint density at radius 1 is 1.60 bits per heavy atom. The third kappa shape index (κ3) is 3.33. The molecule has 1 aromatic carbocycles. The van der Waals surface area contributed by atoms with Crippen LogP contribution in [0.1, 0.15) is 22.3 Å². The molecule has 1 aliphatic heterocycles. The molecule has 110 valence electrons. The van der Waals surface area contributed by atoms with Gasteiger partial charge in [-0.25, -0.2) is 9.18 Å². The Kier molecular flexibility index (Phi) is 4.69. The Labute approximate surface area is 116 Å². The topological polar surface area (TPSA) is 67.8 Å². The first-order valence-corrected chi connectivity index (χ1v) is 6.42. The van der Waals surface area contributed by atoms with E-state index < -0.39 is 11.8 Å². The van der Waals surface area contributed by atoms with Crippen LogP contribution >= 0.6 is 0 Å². The molecule has 5 nitrogen and oxygen atoms in total. The van der Waals surface area contributed by atoms with Gasteiger partial charge in [-0.3, -0.25) is 0 Å². The highest BCUT2D eigenvalue weighted by atomic mass is 19.1. The number of carboxylic acid groups (broad SMARTS) is 1. The summed E-state index contributed by atoms with van der Waals surface area (Å²) in [5.74, 6) is -1.49. The summed E-state index contributed by atoms with van der Waals surface area (Å²) in [5.41, 5.74) is 0.0323. The van der Waals surface area contributed by atoms with Crippen molar-refractivity contribution >= 4 is 5.97 Å². The fourth-order valence-corrected chi connectivity index (χ4v) is 2.23. The minimum absolute atomic E-state index is 0.0776. The van der Waals surface area contributed by atoms with Crippen molar-refractivity contribution in [3.63, 3.8) is 0 Å². The maximum atomic E-state index is 13.6. The first-order valence-electron chi connectivity index (χ1n) is 6.42. The maximum Gasteiger partial charge on any atom is 0.335 e. The molecule has 1 heterocycles. The molecule has 1 aliphatic rings. The van der Waals surface area contributed by atoms with Crippen LogP contribution in [0.5, 0.6) is 0 Å². The van der Waals surface area contributed by atoms with Crippen LogP contribution in [0.4, 0.5) is 4.39 Å². The van der Waals surface area contributed by atoms with E-state index in [0.29, 0.717) is 25.3 Å². The standard InChI is InChI=1S/C14H18FNO4/c1-19-14(4-5-20-9-14)8-16-7-11-6-10(13(17)18)2-3-12(11)15/h2-3,6,16H,4-5,7-9H2,1H3,(H,17,18). The van der Waals surface area contributed by atoms with Crippen LogP contribution in [0.3, 0.4) is 0 Å². The third-order valence-corrected chi connectivity index (χ3v) is 3.56. The summed E-state index contributed by atoms with van der Waals surface area (Å²) in [7, 11) is 1.63. The molecule has 0 bridgehead atoms. The monoisotopic (exact) mass is 283 g/mol. The van der Waals surface area contributed by atoms with Gasteiger partial charge in [0.1, 0.15) is 11.4 Å². The van der Waals surface area contributed by atoms with Crippen LogP contribution in [0, 0.1) is 5.82 Å². The summed E-state index contributed by atoms with van der Waals surface area (Å²) in [6, 6.07) is 3.77. The quantitative estimate of drug-likeness (QED) is 0.826. The maximum absolute atomic E-state index is 13.6. The van der Waals surface area contributed by atoms with Crippen molar-refractivity contribution < 1.29 is 23.8 Å². The zero-order chi connectivity index (χ0) is 14.6. The Hall–Kier alpha value is -1.50. The molecule has 2 N–H and O–H groups in total. The van der Waals surface area contributed by atoms with Crippen LogP contribution in [0.25, 0.3) is 0 Å². The normalized spacial score (nSPS) is 22.1. The van der Waals surface area contributed by atoms with E-state index in [9.17, 15) is 9.18 Å². The van der Waals surface area contributed by atoms with Gasteiger partial charge in [-0.05, 0) is 18.2 Å². The van der Waals surface area contributed by atoms with Gasteiger partial charge in [-0.1, -0.05) is 0 Å². The molecule has 0 spiro atoms. The molecular weight excluding hydrogens is 265 g/mol. The molecule has 20 heavy (non-hydrogen) atoms. The second-order valence-electron chi connectivity index (χ2n) is 4.90. The van der Waals surface area contributed by atoms with Gasteiger partial charge in [0.15, 0.2) is 0 Å². The van der Waals surface area contributed by atoms with E-state index in [1.165, 1.54) is 18.2 Å². The summed E-state index contributed by atoms with van der Waals surface area (Å²) >= 11 is 0. The number of aromatic carboxylic acids is 1. The van der Waals surface area contributed by atoms with Crippen LogP contribution in [-0.2, 0) is 16.0 Å². The zero-order valence-corrected chi connectivity index (χ0v) is 11.3. The minimum Gasteiger partial charge on any atom is -0.478 e. The lowest BCUT2D eigenvalue weighted by Gasteiger charge is -2.26. The fraction of sp³-hybridized carbons (Fsp3) is 0.500. The molecule has 1 fully saturated rings. The number of rotatable bonds is 6. The fourth-order valence-electron chi connectivity index (χ4n) is 2.23.